The SMILES string of the molecule is C=C(/C=C/C1=C(C)CCCC1(C)C)O[Si](C)(C)C. The van der Waals surface area contributed by atoms with Gasteiger partial charge in [-0.25, -0.2) is 0 Å². The highest BCUT2D eigenvalue weighted by molar-refractivity contribution is 6.70. The summed E-state index contributed by atoms with van der Waals surface area (Å²) in [4.78, 5) is 0. The molecule has 0 saturated carbocycles. The van der Waals surface area contributed by atoms with Crippen LogP contribution in [-0.4, -0.2) is 8.32 Å². The summed E-state index contributed by atoms with van der Waals surface area (Å²) in [7, 11) is -1.53. The summed E-state index contributed by atoms with van der Waals surface area (Å²) in [6.07, 6.45) is 8.07. The highest BCUT2D eigenvalue weighted by Gasteiger charge is 2.26. The second kappa shape index (κ2) is 5.48. The minimum atomic E-state index is -1.53. The Morgan fingerprint density at radius 3 is 2.44 bits per heavy atom. The van der Waals surface area contributed by atoms with E-state index in [-0.39, 0.29) is 5.41 Å². The fraction of sp³-hybridized carbons (Fsp3) is 0.625. The first kappa shape index (κ1) is 15.3. The molecule has 0 heterocycles. The maximum absolute atomic E-state index is 5.87. The van der Waals surface area contributed by atoms with Gasteiger partial charge in [0, 0.05) is 0 Å². The van der Waals surface area contributed by atoms with Crippen LogP contribution in [0.1, 0.15) is 40.0 Å². The smallest absolute Gasteiger partial charge is 0.242 e. The van der Waals surface area contributed by atoms with Crippen molar-refractivity contribution in [2.45, 2.75) is 59.7 Å². The summed E-state index contributed by atoms with van der Waals surface area (Å²) in [5, 5.41) is 0. The lowest BCUT2D eigenvalue weighted by Crippen LogP contribution is -2.24. The largest absolute Gasteiger partial charge is 0.545 e. The molecular weight excluding hydrogens is 236 g/mol. The van der Waals surface area contributed by atoms with Crippen molar-refractivity contribution in [3.8, 4) is 0 Å². The molecule has 0 fully saturated rings. The van der Waals surface area contributed by atoms with Gasteiger partial charge in [0.15, 0.2) is 0 Å². The average Bonchev–Trinajstić information content (AvgIpc) is 2.12. The Kier molecular flexibility index (Phi) is 4.65. The number of allylic oxidation sites excluding steroid dienone is 4. The first-order valence-corrected chi connectivity index (χ1v) is 10.3. The van der Waals surface area contributed by atoms with Gasteiger partial charge in [-0.1, -0.05) is 32.1 Å². The molecule has 0 aromatic rings. The third kappa shape index (κ3) is 4.49. The molecule has 1 aliphatic rings. The topological polar surface area (TPSA) is 9.23 Å². The van der Waals surface area contributed by atoms with E-state index in [1.807, 2.05) is 6.08 Å². The fourth-order valence-electron chi connectivity index (χ4n) is 2.61. The van der Waals surface area contributed by atoms with Crippen molar-refractivity contribution >= 4 is 8.32 Å². The van der Waals surface area contributed by atoms with Crippen LogP contribution in [0.3, 0.4) is 0 Å². The zero-order valence-corrected chi connectivity index (χ0v) is 13.9. The van der Waals surface area contributed by atoms with Crippen LogP contribution in [0.25, 0.3) is 0 Å². The molecule has 0 bridgehead atoms. The summed E-state index contributed by atoms with van der Waals surface area (Å²) in [6.45, 7) is 17.5. The predicted octanol–water partition coefficient (Wildman–Crippen LogP) is 5.43. The van der Waals surface area contributed by atoms with Crippen LogP contribution in [0, 0.1) is 5.41 Å². The Morgan fingerprint density at radius 1 is 1.33 bits per heavy atom. The van der Waals surface area contributed by atoms with E-state index in [1.54, 1.807) is 0 Å². The fourth-order valence-corrected chi connectivity index (χ4v) is 3.47. The molecule has 0 aromatic carbocycles. The molecule has 0 aliphatic heterocycles. The van der Waals surface area contributed by atoms with Crippen molar-refractivity contribution < 1.29 is 4.43 Å². The van der Waals surface area contributed by atoms with Gasteiger partial charge in [0.05, 0.1) is 5.76 Å². The van der Waals surface area contributed by atoms with Crippen molar-refractivity contribution in [2.75, 3.05) is 0 Å². The van der Waals surface area contributed by atoms with Gasteiger partial charge in [0.25, 0.3) is 0 Å². The molecule has 0 aromatic heterocycles. The van der Waals surface area contributed by atoms with Gasteiger partial charge in [-0.05, 0) is 62.9 Å². The summed E-state index contributed by atoms with van der Waals surface area (Å²) in [5.74, 6) is 0.802. The molecule has 0 unspecified atom stereocenters. The van der Waals surface area contributed by atoms with Crippen molar-refractivity contribution in [3.63, 3.8) is 0 Å². The minimum absolute atomic E-state index is 0.290. The molecule has 0 spiro atoms. The molecule has 0 saturated heterocycles. The van der Waals surface area contributed by atoms with Crippen LogP contribution in [0.2, 0.25) is 19.6 Å². The first-order valence-electron chi connectivity index (χ1n) is 6.88. The monoisotopic (exact) mass is 264 g/mol. The summed E-state index contributed by atoms with van der Waals surface area (Å²) < 4.78 is 5.87. The third-order valence-corrected chi connectivity index (χ3v) is 4.29. The van der Waals surface area contributed by atoms with E-state index >= 15 is 0 Å². The molecule has 0 radical (unpaired) electrons. The van der Waals surface area contributed by atoms with Gasteiger partial charge in [-0.3, -0.25) is 0 Å². The Labute approximate surface area is 114 Å². The molecule has 1 rings (SSSR count). The summed E-state index contributed by atoms with van der Waals surface area (Å²) in [5.41, 5.74) is 3.27. The minimum Gasteiger partial charge on any atom is -0.545 e. The summed E-state index contributed by atoms with van der Waals surface area (Å²) in [6, 6.07) is 0. The molecule has 2 heteroatoms. The number of hydrogen-bond donors (Lipinski definition) is 0. The molecule has 0 amide bonds. The van der Waals surface area contributed by atoms with Crippen molar-refractivity contribution in [1.82, 2.24) is 0 Å². The van der Waals surface area contributed by atoms with E-state index < -0.39 is 8.32 Å². The Bertz CT molecular complexity index is 380. The lowest BCUT2D eigenvalue weighted by atomic mass is 9.72. The number of rotatable bonds is 4. The lowest BCUT2D eigenvalue weighted by molar-refractivity contribution is 0.376. The summed E-state index contributed by atoms with van der Waals surface area (Å²) >= 11 is 0. The van der Waals surface area contributed by atoms with E-state index in [1.165, 1.54) is 30.4 Å². The zero-order valence-electron chi connectivity index (χ0n) is 12.9. The van der Waals surface area contributed by atoms with Crippen molar-refractivity contribution in [3.05, 3.63) is 35.6 Å². The van der Waals surface area contributed by atoms with Gasteiger partial charge < -0.3 is 4.43 Å². The standard InChI is InChI=1S/C16H28OSi/c1-13-9-8-12-16(3,4)15(13)11-10-14(2)17-18(5,6)7/h10-11H,2,8-9,12H2,1,3-7H3/b11-10+. The van der Waals surface area contributed by atoms with E-state index in [2.05, 4.69) is 53.1 Å². The van der Waals surface area contributed by atoms with E-state index in [0.29, 0.717) is 0 Å². The van der Waals surface area contributed by atoms with E-state index in [4.69, 9.17) is 4.43 Å². The Morgan fingerprint density at radius 2 is 1.94 bits per heavy atom. The maximum atomic E-state index is 5.87. The predicted molar refractivity (Wildman–Crippen MR) is 83.0 cm³/mol. The first-order chi connectivity index (χ1) is 8.12. The van der Waals surface area contributed by atoms with Crippen LogP contribution in [0.15, 0.2) is 35.6 Å². The highest BCUT2D eigenvalue weighted by atomic mass is 28.4. The van der Waals surface area contributed by atoms with Gasteiger partial charge in [0.1, 0.15) is 0 Å². The number of hydrogen-bond acceptors (Lipinski definition) is 1. The molecule has 102 valence electrons. The maximum Gasteiger partial charge on any atom is 0.242 e. The second-order valence-electron chi connectivity index (χ2n) is 6.95. The average molecular weight is 264 g/mol. The van der Waals surface area contributed by atoms with Crippen LogP contribution in [0.5, 0.6) is 0 Å². The van der Waals surface area contributed by atoms with Gasteiger partial charge >= 0.3 is 0 Å². The molecule has 18 heavy (non-hydrogen) atoms. The van der Waals surface area contributed by atoms with Crippen molar-refractivity contribution in [1.29, 1.82) is 0 Å². The van der Waals surface area contributed by atoms with Gasteiger partial charge in [0.2, 0.25) is 8.32 Å². The normalized spacial score (nSPS) is 20.3. The van der Waals surface area contributed by atoms with Crippen molar-refractivity contribution in [2.24, 2.45) is 5.41 Å². The second-order valence-corrected chi connectivity index (χ2v) is 11.4. The quantitative estimate of drug-likeness (QED) is 0.373. The van der Waals surface area contributed by atoms with E-state index in [0.717, 1.165) is 5.76 Å². The van der Waals surface area contributed by atoms with Gasteiger partial charge in [-0.2, -0.15) is 0 Å². The van der Waals surface area contributed by atoms with Crippen LogP contribution in [-0.2, 0) is 4.43 Å². The Balaban J connectivity index is 2.80. The molecule has 1 aliphatic carbocycles. The van der Waals surface area contributed by atoms with Crippen LogP contribution >= 0.6 is 0 Å². The zero-order chi connectivity index (χ0) is 14.0. The third-order valence-electron chi connectivity index (χ3n) is 3.42. The Hall–Kier alpha value is -0.763. The molecule has 0 atom stereocenters. The van der Waals surface area contributed by atoms with Crippen LogP contribution in [0.4, 0.5) is 0 Å². The lowest BCUT2D eigenvalue weighted by Gasteiger charge is -2.33. The molecule has 1 nitrogen and oxygen atoms in total. The highest BCUT2D eigenvalue weighted by Crippen LogP contribution is 2.40. The van der Waals surface area contributed by atoms with E-state index in [9.17, 15) is 0 Å². The van der Waals surface area contributed by atoms with Gasteiger partial charge in [-0.15, -0.1) is 0 Å². The van der Waals surface area contributed by atoms with Crippen LogP contribution < -0.4 is 0 Å². The molecular formula is C16H28OSi. The molecule has 0 N–H and O–H groups in total.